The smallest absolute Gasteiger partial charge is 0.270 e. The molecule has 2 aromatic rings. The Hall–Kier alpha value is -2.99. The minimum Gasteiger partial charge on any atom is -0.508 e. The van der Waals surface area contributed by atoms with E-state index in [9.17, 15) is 15.0 Å². The van der Waals surface area contributed by atoms with E-state index >= 15 is 0 Å². The molecule has 25 heavy (non-hydrogen) atoms. The van der Waals surface area contributed by atoms with Crippen LogP contribution in [0.4, 0.5) is 0 Å². The minimum atomic E-state index is -0.298. The van der Waals surface area contributed by atoms with Crippen LogP contribution in [-0.2, 0) is 16.1 Å². The summed E-state index contributed by atoms with van der Waals surface area (Å²) in [5, 5.41) is 20.1. The molecule has 132 valence electrons. The van der Waals surface area contributed by atoms with E-state index in [-0.39, 0.29) is 17.4 Å². The van der Waals surface area contributed by atoms with Gasteiger partial charge in [-0.25, -0.2) is 5.06 Å². The Labute approximate surface area is 146 Å². The highest BCUT2D eigenvalue weighted by atomic mass is 16.7. The molecule has 2 rings (SSSR count). The van der Waals surface area contributed by atoms with E-state index in [1.165, 1.54) is 31.4 Å². The lowest BCUT2D eigenvalue weighted by atomic mass is 10.1. The molecule has 0 saturated heterocycles. The van der Waals surface area contributed by atoms with Gasteiger partial charge in [-0.1, -0.05) is 18.2 Å². The number of hydrogen-bond acceptors (Lipinski definition) is 5. The van der Waals surface area contributed by atoms with Crippen LogP contribution in [0.2, 0.25) is 0 Å². The Morgan fingerprint density at radius 1 is 1.12 bits per heavy atom. The molecule has 0 unspecified atom stereocenters. The summed E-state index contributed by atoms with van der Waals surface area (Å²) in [6, 6.07) is 11.6. The van der Waals surface area contributed by atoms with Crippen molar-refractivity contribution in [2.75, 3.05) is 20.8 Å². The first-order valence-electron chi connectivity index (χ1n) is 7.72. The van der Waals surface area contributed by atoms with Crippen molar-refractivity contribution in [3.8, 4) is 17.2 Å². The summed E-state index contributed by atoms with van der Waals surface area (Å²) in [4.78, 5) is 17.4. The van der Waals surface area contributed by atoms with Gasteiger partial charge >= 0.3 is 0 Å². The van der Waals surface area contributed by atoms with Gasteiger partial charge in [0.05, 0.1) is 20.8 Å². The quantitative estimate of drug-likeness (QED) is 0.597. The molecule has 1 amide bonds. The second kappa shape index (κ2) is 8.75. The van der Waals surface area contributed by atoms with Crippen molar-refractivity contribution in [3.05, 3.63) is 59.7 Å². The monoisotopic (exact) mass is 343 g/mol. The first-order valence-corrected chi connectivity index (χ1v) is 7.72. The fourth-order valence-corrected chi connectivity index (χ4v) is 2.23. The molecule has 0 aromatic heterocycles. The molecule has 0 heterocycles. The van der Waals surface area contributed by atoms with Gasteiger partial charge in [-0.2, -0.15) is 0 Å². The van der Waals surface area contributed by atoms with Gasteiger partial charge < -0.3 is 14.9 Å². The SMILES string of the molecule is COc1cc(/C=C/C(=O)N(CCc2ccc(O)cc2)OC)ccc1O. The van der Waals surface area contributed by atoms with Crippen molar-refractivity contribution in [2.24, 2.45) is 0 Å². The summed E-state index contributed by atoms with van der Waals surface area (Å²) in [5.41, 5.74) is 1.71. The summed E-state index contributed by atoms with van der Waals surface area (Å²) >= 11 is 0. The summed E-state index contributed by atoms with van der Waals surface area (Å²) in [7, 11) is 2.90. The van der Waals surface area contributed by atoms with E-state index in [1.807, 2.05) is 0 Å². The van der Waals surface area contributed by atoms with Gasteiger partial charge in [0.25, 0.3) is 5.91 Å². The predicted octanol–water partition coefficient (Wildman–Crippen LogP) is 2.75. The zero-order valence-corrected chi connectivity index (χ0v) is 14.2. The zero-order chi connectivity index (χ0) is 18.2. The number of carbonyl (C=O) groups is 1. The zero-order valence-electron chi connectivity index (χ0n) is 14.2. The normalized spacial score (nSPS) is 10.8. The number of carbonyl (C=O) groups excluding carboxylic acids is 1. The standard InChI is InChI=1S/C19H21NO5/c1-24-18-13-15(5-9-17(18)22)6-10-19(23)20(25-2)12-11-14-3-7-16(21)8-4-14/h3-10,13,21-22H,11-12H2,1-2H3/b10-6+. The van der Waals surface area contributed by atoms with Crippen molar-refractivity contribution in [1.82, 2.24) is 5.06 Å². The van der Waals surface area contributed by atoms with Crippen molar-refractivity contribution >= 4 is 12.0 Å². The maximum atomic E-state index is 12.2. The number of hydrogen-bond donors (Lipinski definition) is 2. The van der Waals surface area contributed by atoms with Gasteiger partial charge in [0, 0.05) is 6.08 Å². The maximum absolute atomic E-state index is 12.2. The van der Waals surface area contributed by atoms with Crippen LogP contribution >= 0.6 is 0 Å². The van der Waals surface area contributed by atoms with Crippen LogP contribution in [0.25, 0.3) is 6.08 Å². The highest BCUT2D eigenvalue weighted by Gasteiger charge is 2.10. The largest absolute Gasteiger partial charge is 0.508 e. The predicted molar refractivity (Wildman–Crippen MR) is 94.2 cm³/mol. The van der Waals surface area contributed by atoms with Crippen LogP contribution in [0.5, 0.6) is 17.2 Å². The fourth-order valence-electron chi connectivity index (χ4n) is 2.23. The lowest BCUT2D eigenvalue weighted by molar-refractivity contribution is -0.169. The van der Waals surface area contributed by atoms with E-state index < -0.39 is 0 Å². The van der Waals surface area contributed by atoms with E-state index in [4.69, 9.17) is 9.57 Å². The Morgan fingerprint density at radius 3 is 2.48 bits per heavy atom. The molecule has 2 N–H and O–H groups in total. The molecule has 0 aliphatic rings. The van der Waals surface area contributed by atoms with Gasteiger partial charge in [-0.05, 0) is 47.9 Å². The number of aromatic hydroxyl groups is 2. The number of ether oxygens (including phenoxy) is 1. The van der Waals surface area contributed by atoms with E-state index in [2.05, 4.69) is 0 Å². The number of rotatable bonds is 7. The van der Waals surface area contributed by atoms with E-state index in [0.717, 1.165) is 11.1 Å². The number of amides is 1. The molecule has 0 aliphatic heterocycles. The molecule has 0 fully saturated rings. The minimum absolute atomic E-state index is 0.0402. The Bertz CT molecular complexity index is 740. The lowest BCUT2D eigenvalue weighted by Crippen LogP contribution is -2.30. The van der Waals surface area contributed by atoms with Crippen molar-refractivity contribution in [3.63, 3.8) is 0 Å². The Kier molecular flexibility index (Phi) is 6.42. The molecule has 0 atom stereocenters. The third-order valence-corrected chi connectivity index (χ3v) is 3.63. The van der Waals surface area contributed by atoms with Gasteiger partial charge in [0.1, 0.15) is 5.75 Å². The molecule has 0 bridgehead atoms. The highest BCUT2D eigenvalue weighted by Crippen LogP contribution is 2.26. The Morgan fingerprint density at radius 2 is 1.84 bits per heavy atom. The van der Waals surface area contributed by atoms with Crippen LogP contribution in [-0.4, -0.2) is 41.9 Å². The fraction of sp³-hybridized carbons (Fsp3) is 0.211. The number of methoxy groups -OCH3 is 1. The molecule has 0 radical (unpaired) electrons. The molecule has 6 nitrogen and oxygen atoms in total. The van der Waals surface area contributed by atoms with Gasteiger partial charge in [0.2, 0.25) is 0 Å². The third-order valence-electron chi connectivity index (χ3n) is 3.63. The molecule has 0 aliphatic carbocycles. The van der Waals surface area contributed by atoms with E-state index in [1.54, 1.807) is 42.5 Å². The summed E-state index contributed by atoms with van der Waals surface area (Å²) in [5.74, 6) is 0.285. The first kappa shape index (κ1) is 18.4. The topological polar surface area (TPSA) is 79.2 Å². The number of phenols is 2. The third kappa shape index (κ3) is 5.26. The van der Waals surface area contributed by atoms with Crippen molar-refractivity contribution in [2.45, 2.75) is 6.42 Å². The van der Waals surface area contributed by atoms with Crippen LogP contribution in [0.3, 0.4) is 0 Å². The molecular formula is C19H21NO5. The maximum Gasteiger partial charge on any atom is 0.270 e. The number of phenolic OH excluding ortho intramolecular Hbond substituents is 2. The van der Waals surface area contributed by atoms with Crippen LogP contribution in [0.1, 0.15) is 11.1 Å². The van der Waals surface area contributed by atoms with Crippen LogP contribution in [0, 0.1) is 0 Å². The average molecular weight is 343 g/mol. The van der Waals surface area contributed by atoms with Crippen molar-refractivity contribution in [1.29, 1.82) is 0 Å². The summed E-state index contributed by atoms with van der Waals surface area (Å²) < 4.78 is 5.04. The van der Waals surface area contributed by atoms with Gasteiger partial charge in [-0.15, -0.1) is 0 Å². The second-order valence-electron chi connectivity index (χ2n) is 5.30. The Balaban J connectivity index is 1.98. The summed E-state index contributed by atoms with van der Waals surface area (Å²) in [6.45, 7) is 0.378. The molecule has 0 spiro atoms. The number of nitrogens with zero attached hydrogens (tertiary/aromatic N) is 1. The molecule has 6 heteroatoms. The number of hydroxylamine groups is 2. The average Bonchev–Trinajstić information content (AvgIpc) is 2.63. The molecule has 0 saturated carbocycles. The number of benzene rings is 2. The van der Waals surface area contributed by atoms with Gasteiger partial charge in [-0.3, -0.25) is 9.63 Å². The van der Waals surface area contributed by atoms with E-state index in [0.29, 0.717) is 18.7 Å². The van der Waals surface area contributed by atoms with Gasteiger partial charge in [0.15, 0.2) is 11.5 Å². The molecular weight excluding hydrogens is 322 g/mol. The molecule has 2 aromatic carbocycles. The first-order chi connectivity index (χ1) is 12.0. The highest BCUT2D eigenvalue weighted by molar-refractivity contribution is 5.91. The van der Waals surface area contributed by atoms with Crippen LogP contribution in [0.15, 0.2) is 48.5 Å². The van der Waals surface area contributed by atoms with Crippen LogP contribution < -0.4 is 4.74 Å². The lowest BCUT2D eigenvalue weighted by Gasteiger charge is -2.18. The van der Waals surface area contributed by atoms with Crippen molar-refractivity contribution < 1.29 is 24.6 Å². The second-order valence-corrected chi connectivity index (χ2v) is 5.30. The summed E-state index contributed by atoms with van der Waals surface area (Å²) in [6.07, 6.45) is 3.61.